The molecule has 1 heterocycles. The lowest BCUT2D eigenvalue weighted by atomic mass is 9.92. The smallest absolute Gasteiger partial charge is 0.229 e. The molecule has 0 saturated heterocycles. The Kier molecular flexibility index (Phi) is 4.25. The summed E-state index contributed by atoms with van der Waals surface area (Å²) in [6.45, 7) is 5.24. The van der Waals surface area contributed by atoms with E-state index in [1.807, 2.05) is 13.0 Å². The summed E-state index contributed by atoms with van der Waals surface area (Å²) in [6.07, 6.45) is 3.40. The summed E-state index contributed by atoms with van der Waals surface area (Å²) in [5, 5.41) is 12.7. The van der Waals surface area contributed by atoms with E-state index in [0.29, 0.717) is 12.0 Å². The molecule has 2 N–H and O–H groups in total. The number of hydrogen-bond donors (Lipinski definition) is 2. The van der Waals surface area contributed by atoms with Gasteiger partial charge >= 0.3 is 0 Å². The number of aryl methyl sites for hydroxylation is 1. The number of ether oxygens (including phenoxy) is 1. The number of rotatable bonds is 5. The zero-order valence-electron chi connectivity index (χ0n) is 14.7. The molecule has 24 heavy (non-hydrogen) atoms. The molecule has 0 aliphatic heterocycles. The van der Waals surface area contributed by atoms with E-state index in [1.54, 1.807) is 21.0 Å². The summed E-state index contributed by atoms with van der Waals surface area (Å²) in [6, 6.07) is 4.33. The molecule has 6 nitrogen and oxygen atoms in total. The van der Waals surface area contributed by atoms with Gasteiger partial charge in [-0.15, -0.1) is 0 Å². The van der Waals surface area contributed by atoms with E-state index < -0.39 is 5.60 Å². The predicted molar refractivity (Wildman–Crippen MR) is 93.5 cm³/mol. The summed E-state index contributed by atoms with van der Waals surface area (Å²) in [4.78, 5) is 16.8. The molecule has 0 unspecified atom stereocenters. The van der Waals surface area contributed by atoms with Crippen molar-refractivity contribution in [1.82, 2.24) is 9.55 Å². The number of carbonyl (C=O) groups is 1. The molecule has 0 bridgehead atoms. The minimum Gasteiger partial charge on any atom is -0.496 e. The van der Waals surface area contributed by atoms with Crippen molar-refractivity contribution in [2.75, 3.05) is 12.4 Å². The van der Waals surface area contributed by atoms with E-state index >= 15 is 0 Å². The largest absolute Gasteiger partial charge is 0.496 e. The zero-order valence-corrected chi connectivity index (χ0v) is 14.7. The lowest BCUT2D eigenvalue weighted by Gasteiger charge is -2.29. The lowest BCUT2D eigenvalue weighted by molar-refractivity contribution is -0.119. The first-order valence-corrected chi connectivity index (χ1v) is 8.37. The number of anilines is 1. The van der Waals surface area contributed by atoms with Crippen molar-refractivity contribution in [3.8, 4) is 5.75 Å². The van der Waals surface area contributed by atoms with Crippen molar-refractivity contribution in [2.24, 2.45) is 0 Å². The third-order valence-electron chi connectivity index (χ3n) is 4.49. The number of methoxy groups -OCH3 is 1. The van der Waals surface area contributed by atoms with Crippen molar-refractivity contribution in [3.05, 3.63) is 17.7 Å². The molecule has 1 aliphatic carbocycles. The van der Waals surface area contributed by atoms with Gasteiger partial charge in [0.05, 0.1) is 30.2 Å². The van der Waals surface area contributed by atoms with Crippen molar-refractivity contribution >= 4 is 22.9 Å². The highest BCUT2D eigenvalue weighted by Gasteiger charge is 2.27. The highest BCUT2D eigenvalue weighted by atomic mass is 16.5. The maximum atomic E-state index is 12.2. The van der Waals surface area contributed by atoms with Crippen LogP contribution in [-0.4, -0.2) is 33.3 Å². The van der Waals surface area contributed by atoms with Crippen LogP contribution in [0.25, 0.3) is 11.0 Å². The third-order valence-corrected chi connectivity index (χ3v) is 4.49. The molecular weight excluding hydrogens is 306 g/mol. The summed E-state index contributed by atoms with van der Waals surface area (Å²) in [5.74, 6) is 1.11. The number of amides is 1. The first-order chi connectivity index (χ1) is 11.3. The number of nitrogens with zero attached hydrogens (tertiary/aromatic N) is 2. The van der Waals surface area contributed by atoms with Gasteiger partial charge < -0.3 is 14.4 Å². The maximum Gasteiger partial charge on any atom is 0.229 e. The molecule has 1 fully saturated rings. The molecule has 0 spiro atoms. The van der Waals surface area contributed by atoms with Crippen LogP contribution in [0.4, 0.5) is 5.95 Å². The second-order valence-electron chi connectivity index (χ2n) is 7.24. The first kappa shape index (κ1) is 16.8. The highest BCUT2D eigenvalue weighted by Crippen LogP contribution is 2.38. The molecule has 1 saturated carbocycles. The van der Waals surface area contributed by atoms with Gasteiger partial charge in [0.25, 0.3) is 0 Å². The van der Waals surface area contributed by atoms with Gasteiger partial charge in [0.15, 0.2) is 0 Å². The van der Waals surface area contributed by atoms with Gasteiger partial charge in [-0.3, -0.25) is 10.1 Å². The number of aliphatic hydroxyl groups is 1. The fourth-order valence-corrected chi connectivity index (χ4v) is 3.11. The maximum absolute atomic E-state index is 12.2. The number of aromatic nitrogens is 2. The lowest BCUT2D eigenvalue weighted by Crippen LogP contribution is -2.29. The Morgan fingerprint density at radius 1 is 1.46 bits per heavy atom. The van der Waals surface area contributed by atoms with Crippen molar-refractivity contribution in [2.45, 2.75) is 58.1 Å². The molecule has 6 heteroatoms. The van der Waals surface area contributed by atoms with Crippen LogP contribution in [0.15, 0.2) is 12.1 Å². The van der Waals surface area contributed by atoms with Crippen LogP contribution in [0.3, 0.4) is 0 Å². The second kappa shape index (κ2) is 6.09. The number of fused-ring (bicyclic) bond motifs is 1. The summed E-state index contributed by atoms with van der Waals surface area (Å²) in [7, 11) is 1.64. The van der Waals surface area contributed by atoms with Gasteiger partial charge in [-0.2, -0.15) is 0 Å². The van der Waals surface area contributed by atoms with Gasteiger partial charge in [0.2, 0.25) is 11.9 Å². The van der Waals surface area contributed by atoms with E-state index in [-0.39, 0.29) is 12.3 Å². The Morgan fingerprint density at radius 3 is 2.71 bits per heavy atom. The summed E-state index contributed by atoms with van der Waals surface area (Å²) in [5.41, 5.74) is 1.82. The molecule has 1 aromatic carbocycles. The van der Waals surface area contributed by atoms with Crippen LogP contribution in [0.1, 0.15) is 51.1 Å². The van der Waals surface area contributed by atoms with Crippen molar-refractivity contribution in [1.29, 1.82) is 0 Å². The van der Waals surface area contributed by atoms with Gasteiger partial charge in [-0.25, -0.2) is 4.98 Å². The molecule has 0 atom stereocenters. The van der Waals surface area contributed by atoms with Crippen molar-refractivity contribution in [3.63, 3.8) is 0 Å². The third kappa shape index (κ3) is 3.24. The molecule has 130 valence electrons. The second-order valence-corrected chi connectivity index (χ2v) is 7.24. The number of hydrogen-bond acceptors (Lipinski definition) is 4. The topological polar surface area (TPSA) is 76.4 Å². The standard InChI is InChI=1S/C18H25N3O3/c1-11-8-14-13(9-15(11)24-4)19-17(21(14)12-6-5-7-12)20-16(22)10-18(2,3)23/h8-9,12,23H,5-7,10H2,1-4H3,(H,19,20,22). The predicted octanol–water partition coefficient (Wildman–Crippen LogP) is 3.18. The van der Waals surface area contributed by atoms with Crippen LogP contribution < -0.4 is 10.1 Å². The van der Waals surface area contributed by atoms with Crippen LogP contribution in [0.2, 0.25) is 0 Å². The van der Waals surface area contributed by atoms with Crippen molar-refractivity contribution < 1.29 is 14.6 Å². The molecule has 1 aromatic heterocycles. The number of benzene rings is 1. The van der Waals surface area contributed by atoms with E-state index in [4.69, 9.17) is 4.74 Å². The average Bonchev–Trinajstić information content (AvgIpc) is 2.71. The molecule has 0 radical (unpaired) electrons. The quantitative estimate of drug-likeness (QED) is 0.882. The molecule has 2 aromatic rings. The Morgan fingerprint density at radius 2 is 2.17 bits per heavy atom. The van der Waals surface area contributed by atoms with Crippen LogP contribution in [-0.2, 0) is 4.79 Å². The van der Waals surface area contributed by atoms with Crippen LogP contribution >= 0.6 is 0 Å². The van der Waals surface area contributed by atoms with E-state index in [0.717, 1.165) is 35.2 Å². The molecule has 1 aliphatic rings. The monoisotopic (exact) mass is 331 g/mol. The Hall–Kier alpha value is -2.08. The van der Waals surface area contributed by atoms with Gasteiger partial charge in [-0.1, -0.05) is 0 Å². The fraction of sp³-hybridized carbons (Fsp3) is 0.556. The molecular formula is C18H25N3O3. The van der Waals surface area contributed by atoms with E-state index in [2.05, 4.69) is 20.9 Å². The minimum absolute atomic E-state index is 0.0310. The van der Waals surface area contributed by atoms with Crippen LogP contribution in [0.5, 0.6) is 5.75 Å². The Labute approximate surface area is 141 Å². The van der Waals surface area contributed by atoms with Crippen LogP contribution in [0, 0.1) is 6.92 Å². The zero-order chi connectivity index (χ0) is 17.5. The van der Waals surface area contributed by atoms with E-state index in [9.17, 15) is 9.90 Å². The van der Waals surface area contributed by atoms with Gasteiger partial charge in [0.1, 0.15) is 5.75 Å². The average molecular weight is 331 g/mol. The Bertz CT molecular complexity index is 770. The fourth-order valence-electron chi connectivity index (χ4n) is 3.11. The summed E-state index contributed by atoms with van der Waals surface area (Å²) >= 11 is 0. The first-order valence-electron chi connectivity index (χ1n) is 8.37. The SMILES string of the molecule is COc1cc2nc(NC(=O)CC(C)(C)O)n(C3CCC3)c2cc1C. The molecule has 3 rings (SSSR count). The van der Waals surface area contributed by atoms with Gasteiger partial charge in [-0.05, 0) is 51.7 Å². The minimum atomic E-state index is -1.04. The normalized spacial score (nSPS) is 15.4. The number of imidazole rings is 1. The molecule has 1 amide bonds. The van der Waals surface area contributed by atoms with E-state index in [1.165, 1.54) is 6.42 Å². The van der Waals surface area contributed by atoms with Gasteiger partial charge in [0, 0.05) is 12.1 Å². The highest BCUT2D eigenvalue weighted by molar-refractivity contribution is 5.92. The number of carbonyl (C=O) groups excluding carboxylic acids is 1. The number of nitrogens with one attached hydrogen (secondary N) is 1. The summed E-state index contributed by atoms with van der Waals surface area (Å²) < 4.78 is 7.50. The Balaban J connectivity index is 2.01.